The van der Waals surface area contributed by atoms with Gasteiger partial charge in [-0.25, -0.2) is 9.59 Å². The maximum Gasteiger partial charge on any atom is 0.354 e. The Morgan fingerprint density at radius 2 is 2.20 bits per heavy atom. The van der Waals surface area contributed by atoms with Crippen LogP contribution in [0.2, 0.25) is 0 Å². The van der Waals surface area contributed by atoms with Crippen molar-refractivity contribution >= 4 is 23.9 Å². The summed E-state index contributed by atoms with van der Waals surface area (Å²) in [4.78, 5) is 35.1. The number of carbonyl (C=O) groups is 3. The van der Waals surface area contributed by atoms with Crippen LogP contribution in [-0.2, 0) is 14.4 Å². The lowest BCUT2D eigenvalue weighted by Crippen LogP contribution is -2.26. The van der Waals surface area contributed by atoms with E-state index < -0.39 is 18.0 Å². The SMILES string of the molecule is O=CCC1=CC(C(=O)O)=NC(C(=O)O)C1. The van der Waals surface area contributed by atoms with Crippen LogP contribution in [0.3, 0.4) is 0 Å². The Hall–Kier alpha value is -1.98. The third kappa shape index (κ3) is 2.73. The molecule has 1 atom stereocenters. The van der Waals surface area contributed by atoms with Crippen LogP contribution >= 0.6 is 0 Å². The molecule has 6 nitrogen and oxygen atoms in total. The summed E-state index contributed by atoms with van der Waals surface area (Å²) in [5, 5.41) is 17.4. The Morgan fingerprint density at radius 1 is 1.53 bits per heavy atom. The van der Waals surface area contributed by atoms with Crippen molar-refractivity contribution in [2.24, 2.45) is 4.99 Å². The number of hydrogen-bond donors (Lipinski definition) is 2. The molecule has 1 aliphatic rings. The first-order chi connectivity index (χ1) is 7.04. The molecule has 0 aliphatic carbocycles. The van der Waals surface area contributed by atoms with Crippen molar-refractivity contribution in [1.29, 1.82) is 0 Å². The summed E-state index contributed by atoms with van der Waals surface area (Å²) in [5.41, 5.74) is 0.162. The number of hydrogen-bond acceptors (Lipinski definition) is 4. The summed E-state index contributed by atoms with van der Waals surface area (Å²) >= 11 is 0. The molecule has 0 saturated carbocycles. The normalized spacial score (nSPS) is 20.1. The van der Waals surface area contributed by atoms with E-state index in [2.05, 4.69) is 4.99 Å². The second-order valence-electron chi connectivity index (χ2n) is 3.05. The van der Waals surface area contributed by atoms with E-state index >= 15 is 0 Å². The number of dihydropyridines is 1. The van der Waals surface area contributed by atoms with Gasteiger partial charge in [-0.05, 0) is 6.08 Å². The second-order valence-corrected chi connectivity index (χ2v) is 3.05. The quantitative estimate of drug-likeness (QED) is 0.631. The van der Waals surface area contributed by atoms with E-state index in [4.69, 9.17) is 10.2 Å². The van der Waals surface area contributed by atoms with E-state index in [1.165, 1.54) is 6.08 Å². The maximum absolute atomic E-state index is 10.7. The Kier molecular flexibility index (Phi) is 3.33. The number of carboxylic acid groups (broad SMARTS) is 2. The van der Waals surface area contributed by atoms with Crippen molar-refractivity contribution in [2.75, 3.05) is 0 Å². The van der Waals surface area contributed by atoms with Gasteiger partial charge in [-0.1, -0.05) is 5.57 Å². The van der Waals surface area contributed by atoms with Crippen molar-refractivity contribution in [3.8, 4) is 0 Å². The highest BCUT2D eigenvalue weighted by atomic mass is 16.4. The van der Waals surface area contributed by atoms with Crippen LogP contribution < -0.4 is 0 Å². The molecule has 0 fully saturated rings. The molecule has 0 aromatic carbocycles. The first-order valence-corrected chi connectivity index (χ1v) is 4.21. The van der Waals surface area contributed by atoms with Crippen molar-refractivity contribution in [3.63, 3.8) is 0 Å². The smallest absolute Gasteiger partial charge is 0.354 e. The molecular weight excluding hydrogens is 202 g/mol. The highest BCUT2D eigenvalue weighted by molar-refractivity contribution is 6.41. The summed E-state index contributed by atoms with van der Waals surface area (Å²) < 4.78 is 0. The monoisotopic (exact) mass is 211 g/mol. The lowest BCUT2D eigenvalue weighted by atomic mass is 9.99. The second kappa shape index (κ2) is 4.50. The molecule has 0 bridgehead atoms. The first-order valence-electron chi connectivity index (χ1n) is 4.21. The van der Waals surface area contributed by atoms with Gasteiger partial charge in [0.2, 0.25) is 0 Å². The van der Waals surface area contributed by atoms with E-state index in [1.54, 1.807) is 0 Å². The van der Waals surface area contributed by atoms with Gasteiger partial charge in [0.25, 0.3) is 0 Å². The van der Waals surface area contributed by atoms with Gasteiger partial charge in [-0.15, -0.1) is 0 Å². The van der Waals surface area contributed by atoms with Crippen LogP contribution in [-0.4, -0.2) is 40.2 Å². The van der Waals surface area contributed by atoms with Gasteiger partial charge in [0.15, 0.2) is 6.04 Å². The number of carbonyl (C=O) groups excluding carboxylic acids is 1. The van der Waals surface area contributed by atoms with Crippen molar-refractivity contribution in [3.05, 3.63) is 11.6 Å². The van der Waals surface area contributed by atoms with Crippen LogP contribution in [0.5, 0.6) is 0 Å². The van der Waals surface area contributed by atoms with Gasteiger partial charge < -0.3 is 15.0 Å². The Morgan fingerprint density at radius 3 is 2.67 bits per heavy atom. The molecule has 2 N–H and O–H groups in total. The minimum Gasteiger partial charge on any atom is -0.480 e. The Labute approximate surface area is 84.9 Å². The van der Waals surface area contributed by atoms with E-state index in [1.807, 2.05) is 0 Å². The summed E-state index contributed by atoms with van der Waals surface area (Å²) in [6.45, 7) is 0. The molecule has 1 unspecified atom stereocenters. The largest absolute Gasteiger partial charge is 0.480 e. The third-order valence-corrected chi connectivity index (χ3v) is 1.94. The van der Waals surface area contributed by atoms with E-state index in [9.17, 15) is 14.4 Å². The number of rotatable bonds is 4. The molecule has 0 radical (unpaired) electrons. The minimum atomic E-state index is -1.29. The van der Waals surface area contributed by atoms with Crippen LogP contribution in [0.4, 0.5) is 0 Å². The van der Waals surface area contributed by atoms with E-state index in [-0.39, 0.29) is 18.6 Å². The molecule has 0 spiro atoms. The average molecular weight is 211 g/mol. The predicted octanol–water partition coefficient (Wildman–Crippen LogP) is -0.116. The fraction of sp³-hybridized carbons (Fsp3) is 0.333. The summed E-state index contributed by atoms with van der Waals surface area (Å²) in [6.07, 6.45) is 1.98. The molecule has 0 amide bonds. The molecule has 1 aliphatic heterocycles. The zero-order valence-corrected chi connectivity index (χ0v) is 7.71. The molecule has 0 aromatic rings. The van der Waals surface area contributed by atoms with Crippen molar-refractivity contribution < 1.29 is 24.6 Å². The van der Waals surface area contributed by atoms with E-state index in [0.29, 0.717) is 11.9 Å². The lowest BCUT2D eigenvalue weighted by molar-refractivity contribution is -0.138. The fourth-order valence-electron chi connectivity index (χ4n) is 1.26. The fourth-order valence-corrected chi connectivity index (χ4v) is 1.26. The van der Waals surface area contributed by atoms with Crippen LogP contribution in [0.15, 0.2) is 16.6 Å². The summed E-state index contributed by atoms with van der Waals surface area (Å²) in [6, 6.07) is -1.10. The predicted molar refractivity (Wildman–Crippen MR) is 49.9 cm³/mol. The van der Waals surface area contributed by atoms with Gasteiger partial charge in [-0.2, -0.15) is 0 Å². The minimum absolute atomic E-state index is 0.0378. The lowest BCUT2D eigenvalue weighted by Gasteiger charge is -2.15. The van der Waals surface area contributed by atoms with Crippen molar-refractivity contribution in [2.45, 2.75) is 18.9 Å². The van der Waals surface area contributed by atoms with Gasteiger partial charge in [0, 0.05) is 12.8 Å². The topological polar surface area (TPSA) is 104 Å². The Balaban J connectivity index is 2.96. The number of aliphatic imine (C=N–C) groups is 1. The number of aldehydes is 1. The number of aliphatic carboxylic acids is 2. The van der Waals surface area contributed by atoms with Gasteiger partial charge in [0.05, 0.1) is 0 Å². The van der Waals surface area contributed by atoms with Gasteiger partial charge in [0.1, 0.15) is 12.0 Å². The van der Waals surface area contributed by atoms with Gasteiger partial charge in [-0.3, -0.25) is 4.99 Å². The third-order valence-electron chi connectivity index (χ3n) is 1.94. The zero-order valence-electron chi connectivity index (χ0n) is 7.71. The van der Waals surface area contributed by atoms with Crippen molar-refractivity contribution in [1.82, 2.24) is 0 Å². The van der Waals surface area contributed by atoms with Crippen LogP contribution in [0.1, 0.15) is 12.8 Å². The summed E-state index contributed by atoms with van der Waals surface area (Å²) in [5.74, 6) is -2.48. The highest BCUT2D eigenvalue weighted by Crippen LogP contribution is 2.17. The molecule has 1 heterocycles. The molecule has 0 saturated heterocycles. The number of carboxylic acids is 2. The summed E-state index contributed by atoms with van der Waals surface area (Å²) in [7, 11) is 0. The molecular formula is C9H9NO5. The standard InChI is InChI=1S/C9H9NO5/c11-2-1-5-3-6(8(12)13)10-7(4-5)9(14)15/h2-3,7H,1,4H2,(H,12,13)(H,14,15). The Bertz CT molecular complexity index is 369. The molecule has 15 heavy (non-hydrogen) atoms. The molecule has 80 valence electrons. The zero-order chi connectivity index (χ0) is 11.4. The van der Waals surface area contributed by atoms with Crippen LogP contribution in [0, 0.1) is 0 Å². The van der Waals surface area contributed by atoms with Crippen LogP contribution in [0.25, 0.3) is 0 Å². The highest BCUT2D eigenvalue weighted by Gasteiger charge is 2.24. The van der Waals surface area contributed by atoms with Gasteiger partial charge >= 0.3 is 11.9 Å². The maximum atomic E-state index is 10.7. The van der Waals surface area contributed by atoms with E-state index in [0.717, 1.165) is 0 Å². The first kappa shape index (κ1) is 11.1. The average Bonchev–Trinajstić information content (AvgIpc) is 2.17. The molecule has 6 heteroatoms. The molecule has 1 rings (SSSR count). The molecule has 0 aromatic heterocycles. The number of nitrogens with zero attached hydrogens (tertiary/aromatic N) is 1.